The molecule has 1 aliphatic carbocycles. The smallest absolute Gasteiger partial charge is 0.251 e. The van der Waals surface area contributed by atoms with E-state index in [0.29, 0.717) is 23.6 Å². The summed E-state index contributed by atoms with van der Waals surface area (Å²) < 4.78 is 12.9. The van der Waals surface area contributed by atoms with Gasteiger partial charge in [-0.2, -0.15) is 0 Å². The average molecular weight is 256 g/mol. The third-order valence-corrected chi connectivity index (χ3v) is 3.86. The zero-order valence-electron chi connectivity index (χ0n) is 9.72. The predicted molar refractivity (Wildman–Crippen MR) is 65.9 cm³/mol. The van der Waals surface area contributed by atoms with Crippen LogP contribution < -0.4 is 5.32 Å². The molecule has 0 radical (unpaired) electrons. The molecular formula is C13H15ClFNO. The Hall–Kier alpha value is -1.09. The first-order valence-electron chi connectivity index (χ1n) is 5.67. The zero-order chi connectivity index (χ0) is 12.5. The summed E-state index contributed by atoms with van der Waals surface area (Å²) in [4.78, 5) is 11.9. The maximum Gasteiger partial charge on any atom is 0.251 e. The van der Waals surface area contributed by atoms with Gasteiger partial charge in [-0.3, -0.25) is 4.79 Å². The van der Waals surface area contributed by atoms with Gasteiger partial charge >= 0.3 is 0 Å². The number of benzene rings is 1. The molecule has 4 heteroatoms. The molecular weight excluding hydrogens is 241 g/mol. The van der Waals surface area contributed by atoms with Gasteiger partial charge in [0.2, 0.25) is 0 Å². The highest BCUT2D eigenvalue weighted by Crippen LogP contribution is 2.45. The molecule has 1 aliphatic rings. The normalized spacial score (nSPS) is 16.6. The van der Waals surface area contributed by atoms with Crippen molar-refractivity contribution < 1.29 is 9.18 Å². The van der Waals surface area contributed by atoms with Gasteiger partial charge < -0.3 is 5.32 Å². The Morgan fingerprint density at radius 3 is 2.76 bits per heavy atom. The Bertz CT molecular complexity index is 443. The molecule has 2 rings (SSSR count). The summed E-state index contributed by atoms with van der Waals surface area (Å²) >= 11 is 5.84. The lowest BCUT2D eigenvalue weighted by Gasteiger charge is -2.13. The second-order valence-electron chi connectivity index (χ2n) is 4.78. The summed E-state index contributed by atoms with van der Waals surface area (Å²) in [7, 11) is 0. The van der Waals surface area contributed by atoms with E-state index in [-0.39, 0.29) is 17.1 Å². The van der Waals surface area contributed by atoms with Crippen molar-refractivity contribution in [2.75, 3.05) is 12.4 Å². The Morgan fingerprint density at radius 2 is 2.24 bits per heavy atom. The molecule has 1 aromatic rings. The monoisotopic (exact) mass is 255 g/mol. The number of carbonyl (C=O) groups excluding carboxylic acids is 1. The molecule has 0 heterocycles. The minimum atomic E-state index is -0.321. The Labute approximate surface area is 105 Å². The molecule has 0 saturated heterocycles. The van der Waals surface area contributed by atoms with Gasteiger partial charge in [-0.25, -0.2) is 4.39 Å². The summed E-state index contributed by atoms with van der Waals surface area (Å²) in [6.45, 7) is 2.33. The third kappa shape index (κ3) is 2.78. The van der Waals surface area contributed by atoms with Gasteiger partial charge in [0.25, 0.3) is 5.91 Å². The molecule has 92 valence electrons. The molecule has 0 aromatic heterocycles. The first-order valence-corrected chi connectivity index (χ1v) is 6.20. The lowest BCUT2D eigenvalue weighted by atomic mass is 10.1. The zero-order valence-corrected chi connectivity index (χ0v) is 10.5. The third-order valence-electron chi connectivity index (χ3n) is 3.30. The van der Waals surface area contributed by atoms with E-state index < -0.39 is 0 Å². The molecule has 17 heavy (non-hydrogen) atoms. The van der Waals surface area contributed by atoms with Crippen LogP contribution in [0.4, 0.5) is 4.39 Å². The SMILES string of the molecule is Cc1cc(F)ccc1C(=O)NCC1(CCl)CC1. The van der Waals surface area contributed by atoms with Crippen LogP contribution in [0.1, 0.15) is 28.8 Å². The summed E-state index contributed by atoms with van der Waals surface area (Å²) in [5.41, 5.74) is 1.28. The molecule has 1 aromatic carbocycles. The van der Waals surface area contributed by atoms with Gasteiger partial charge in [0.05, 0.1) is 0 Å². The summed E-state index contributed by atoms with van der Waals surface area (Å²) in [6, 6.07) is 4.18. The number of hydrogen-bond donors (Lipinski definition) is 1. The topological polar surface area (TPSA) is 29.1 Å². The number of nitrogens with one attached hydrogen (secondary N) is 1. The molecule has 1 amide bonds. The van der Waals surface area contributed by atoms with Crippen LogP contribution in [0.3, 0.4) is 0 Å². The lowest BCUT2D eigenvalue weighted by Crippen LogP contribution is -2.31. The first-order chi connectivity index (χ1) is 8.06. The van der Waals surface area contributed by atoms with Gasteiger partial charge in [-0.15, -0.1) is 11.6 Å². The summed E-state index contributed by atoms with van der Waals surface area (Å²) in [5.74, 6) is 0.104. The molecule has 1 saturated carbocycles. The van der Waals surface area contributed by atoms with Gasteiger partial charge in [0.15, 0.2) is 0 Å². The minimum absolute atomic E-state index is 0.102. The summed E-state index contributed by atoms with van der Waals surface area (Å²) in [5, 5.41) is 2.87. The Morgan fingerprint density at radius 1 is 1.53 bits per heavy atom. The van der Waals surface area contributed by atoms with Crippen LogP contribution in [0, 0.1) is 18.2 Å². The van der Waals surface area contributed by atoms with E-state index in [9.17, 15) is 9.18 Å². The van der Waals surface area contributed by atoms with E-state index >= 15 is 0 Å². The molecule has 1 N–H and O–H groups in total. The van der Waals surface area contributed by atoms with E-state index in [2.05, 4.69) is 5.32 Å². The van der Waals surface area contributed by atoms with Crippen molar-refractivity contribution in [3.63, 3.8) is 0 Å². The number of alkyl halides is 1. The van der Waals surface area contributed by atoms with E-state index in [1.165, 1.54) is 18.2 Å². The fourth-order valence-electron chi connectivity index (χ4n) is 1.78. The standard InChI is InChI=1S/C13H15ClFNO/c1-9-6-10(15)2-3-11(9)12(17)16-8-13(7-14)4-5-13/h2-3,6H,4-5,7-8H2,1H3,(H,16,17). The predicted octanol–water partition coefficient (Wildman–Crippen LogP) is 2.88. The van der Waals surface area contributed by atoms with E-state index in [0.717, 1.165) is 12.8 Å². The highest BCUT2D eigenvalue weighted by molar-refractivity contribution is 6.18. The van der Waals surface area contributed by atoms with Gasteiger partial charge in [0.1, 0.15) is 5.82 Å². The van der Waals surface area contributed by atoms with Crippen LogP contribution in [0.25, 0.3) is 0 Å². The van der Waals surface area contributed by atoms with Crippen molar-refractivity contribution >= 4 is 17.5 Å². The molecule has 1 fully saturated rings. The van der Waals surface area contributed by atoms with Crippen molar-refractivity contribution in [3.05, 3.63) is 35.1 Å². The lowest BCUT2D eigenvalue weighted by molar-refractivity contribution is 0.0946. The van der Waals surface area contributed by atoms with Gasteiger partial charge in [-0.05, 0) is 43.5 Å². The van der Waals surface area contributed by atoms with Gasteiger partial charge in [0, 0.05) is 23.4 Å². The molecule has 0 aliphatic heterocycles. The van der Waals surface area contributed by atoms with Crippen LogP contribution in [0.5, 0.6) is 0 Å². The second kappa shape index (κ2) is 4.65. The largest absolute Gasteiger partial charge is 0.351 e. The van der Waals surface area contributed by atoms with Crippen LogP contribution in [-0.4, -0.2) is 18.3 Å². The van der Waals surface area contributed by atoms with Crippen molar-refractivity contribution in [1.29, 1.82) is 0 Å². The van der Waals surface area contributed by atoms with Crippen LogP contribution >= 0.6 is 11.6 Å². The van der Waals surface area contributed by atoms with Crippen LogP contribution in [0.15, 0.2) is 18.2 Å². The maximum atomic E-state index is 12.9. The van der Waals surface area contributed by atoms with Gasteiger partial charge in [-0.1, -0.05) is 0 Å². The van der Waals surface area contributed by atoms with Crippen molar-refractivity contribution in [2.45, 2.75) is 19.8 Å². The average Bonchev–Trinajstić information content (AvgIpc) is 3.07. The Balaban J connectivity index is 2.00. The van der Waals surface area contributed by atoms with Crippen molar-refractivity contribution in [1.82, 2.24) is 5.32 Å². The number of rotatable bonds is 4. The van der Waals surface area contributed by atoms with Crippen molar-refractivity contribution in [3.8, 4) is 0 Å². The van der Waals surface area contributed by atoms with E-state index in [4.69, 9.17) is 11.6 Å². The Kier molecular flexibility index (Phi) is 3.38. The number of aryl methyl sites for hydroxylation is 1. The number of hydrogen-bond acceptors (Lipinski definition) is 1. The maximum absolute atomic E-state index is 12.9. The van der Waals surface area contributed by atoms with Crippen molar-refractivity contribution in [2.24, 2.45) is 5.41 Å². The number of amides is 1. The molecule has 0 atom stereocenters. The fourth-order valence-corrected chi connectivity index (χ4v) is 2.14. The molecule has 0 spiro atoms. The quantitative estimate of drug-likeness (QED) is 0.824. The van der Waals surface area contributed by atoms with E-state index in [1.807, 2.05) is 0 Å². The highest BCUT2D eigenvalue weighted by atomic mass is 35.5. The minimum Gasteiger partial charge on any atom is -0.351 e. The van der Waals surface area contributed by atoms with E-state index in [1.54, 1.807) is 6.92 Å². The highest BCUT2D eigenvalue weighted by Gasteiger charge is 2.41. The second-order valence-corrected chi connectivity index (χ2v) is 5.04. The number of carbonyl (C=O) groups is 1. The number of halogens is 2. The first kappa shape index (κ1) is 12.4. The van der Waals surface area contributed by atoms with Crippen LogP contribution in [-0.2, 0) is 0 Å². The molecule has 0 bridgehead atoms. The van der Waals surface area contributed by atoms with Crippen LogP contribution in [0.2, 0.25) is 0 Å². The summed E-state index contributed by atoms with van der Waals surface area (Å²) in [6.07, 6.45) is 2.14. The fraction of sp³-hybridized carbons (Fsp3) is 0.462. The molecule has 0 unspecified atom stereocenters. The molecule has 2 nitrogen and oxygen atoms in total.